The normalized spacial score (nSPS) is 22.5. The molecule has 32 heavy (non-hydrogen) atoms. The van der Waals surface area contributed by atoms with Gasteiger partial charge in [-0.05, 0) is 51.8 Å². The highest BCUT2D eigenvalue weighted by Gasteiger charge is 2.30. The van der Waals surface area contributed by atoms with Crippen molar-refractivity contribution in [1.82, 2.24) is 14.5 Å². The van der Waals surface area contributed by atoms with E-state index >= 15 is 0 Å². The Balaban J connectivity index is 1.52. The Morgan fingerprint density at radius 1 is 1.12 bits per heavy atom. The first-order valence-electron chi connectivity index (χ1n) is 11.5. The highest BCUT2D eigenvalue weighted by Crippen LogP contribution is 2.18. The number of aromatic nitrogens is 2. The Kier molecular flexibility index (Phi) is 6.60. The van der Waals surface area contributed by atoms with Crippen molar-refractivity contribution in [3.05, 3.63) is 39.9 Å². The second kappa shape index (κ2) is 9.40. The standard InChI is InChI=1S/C24H31N3O5/c1-15-13-26(14-16(2)31-15)22(28)17(3)32-24(30)18-9-10-19-20(12-18)25-21-8-6-4-5-7-11-27(21)23(19)29/h9-10,12,15-17H,4-8,11,13-14H2,1-3H3. The monoisotopic (exact) mass is 441 g/mol. The number of hydrogen-bond acceptors (Lipinski definition) is 6. The van der Waals surface area contributed by atoms with Crippen LogP contribution in [0.5, 0.6) is 0 Å². The van der Waals surface area contributed by atoms with Crippen molar-refractivity contribution in [1.29, 1.82) is 0 Å². The van der Waals surface area contributed by atoms with Crippen molar-refractivity contribution < 1.29 is 19.1 Å². The van der Waals surface area contributed by atoms with E-state index in [1.54, 1.807) is 34.6 Å². The largest absolute Gasteiger partial charge is 0.449 e. The summed E-state index contributed by atoms with van der Waals surface area (Å²) in [6, 6.07) is 4.79. The third-order valence-corrected chi connectivity index (χ3v) is 6.17. The van der Waals surface area contributed by atoms with Gasteiger partial charge in [0.25, 0.3) is 11.5 Å². The maximum absolute atomic E-state index is 13.0. The van der Waals surface area contributed by atoms with Crippen molar-refractivity contribution in [3.63, 3.8) is 0 Å². The summed E-state index contributed by atoms with van der Waals surface area (Å²) in [5, 5.41) is 0.492. The summed E-state index contributed by atoms with van der Waals surface area (Å²) in [4.78, 5) is 44.9. The van der Waals surface area contributed by atoms with Gasteiger partial charge in [-0.2, -0.15) is 0 Å². The third-order valence-electron chi connectivity index (χ3n) is 6.17. The number of amides is 1. The van der Waals surface area contributed by atoms with Crippen LogP contribution in [-0.4, -0.2) is 57.7 Å². The van der Waals surface area contributed by atoms with Gasteiger partial charge >= 0.3 is 5.97 Å². The molecule has 0 bridgehead atoms. The molecule has 3 heterocycles. The molecule has 8 nitrogen and oxygen atoms in total. The number of benzene rings is 1. The van der Waals surface area contributed by atoms with E-state index in [4.69, 9.17) is 14.5 Å². The fraction of sp³-hybridized carbons (Fsp3) is 0.583. The molecule has 3 atom stereocenters. The van der Waals surface area contributed by atoms with Crippen LogP contribution in [0.3, 0.4) is 0 Å². The van der Waals surface area contributed by atoms with Crippen LogP contribution in [0.1, 0.15) is 62.6 Å². The number of ether oxygens (including phenoxy) is 2. The van der Waals surface area contributed by atoms with Gasteiger partial charge in [0.05, 0.1) is 28.7 Å². The number of esters is 1. The molecule has 1 aromatic heterocycles. The average Bonchev–Trinajstić information content (AvgIpc) is 2.73. The molecule has 2 aliphatic rings. The lowest BCUT2D eigenvalue weighted by Gasteiger charge is -2.36. The van der Waals surface area contributed by atoms with E-state index in [0.29, 0.717) is 30.5 Å². The number of carbonyl (C=O) groups is 2. The summed E-state index contributed by atoms with van der Waals surface area (Å²) < 4.78 is 12.9. The zero-order valence-electron chi connectivity index (χ0n) is 19.0. The summed E-state index contributed by atoms with van der Waals surface area (Å²) >= 11 is 0. The summed E-state index contributed by atoms with van der Waals surface area (Å²) in [7, 11) is 0. The summed E-state index contributed by atoms with van der Waals surface area (Å²) in [6.45, 7) is 7.04. The smallest absolute Gasteiger partial charge is 0.338 e. The molecule has 0 saturated carbocycles. The predicted molar refractivity (Wildman–Crippen MR) is 120 cm³/mol. The molecule has 0 radical (unpaired) electrons. The Hall–Kier alpha value is -2.74. The second-order valence-corrected chi connectivity index (χ2v) is 8.93. The van der Waals surface area contributed by atoms with Gasteiger partial charge in [0.2, 0.25) is 0 Å². The molecule has 1 amide bonds. The molecule has 172 valence electrons. The maximum Gasteiger partial charge on any atom is 0.338 e. The van der Waals surface area contributed by atoms with E-state index in [-0.39, 0.29) is 29.2 Å². The fourth-order valence-corrected chi connectivity index (χ4v) is 4.62. The van der Waals surface area contributed by atoms with Gasteiger partial charge in [0.15, 0.2) is 6.10 Å². The average molecular weight is 442 g/mol. The van der Waals surface area contributed by atoms with E-state index in [9.17, 15) is 14.4 Å². The van der Waals surface area contributed by atoms with Crippen LogP contribution in [0, 0.1) is 0 Å². The highest BCUT2D eigenvalue weighted by molar-refractivity contribution is 5.95. The molecule has 1 fully saturated rings. The molecule has 4 rings (SSSR count). The number of fused-ring (bicyclic) bond motifs is 2. The van der Waals surface area contributed by atoms with Gasteiger partial charge in [0, 0.05) is 26.1 Å². The number of rotatable bonds is 3. The minimum absolute atomic E-state index is 0.0595. The minimum atomic E-state index is -0.912. The van der Waals surface area contributed by atoms with E-state index in [1.165, 1.54) is 0 Å². The quantitative estimate of drug-likeness (QED) is 0.681. The van der Waals surface area contributed by atoms with E-state index in [1.807, 2.05) is 13.8 Å². The van der Waals surface area contributed by atoms with Crippen molar-refractivity contribution >= 4 is 22.8 Å². The van der Waals surface area contributed by atoms with Gasteiger partial charge in [-0.25, -0.2) is 9.78 Å². The lowest BCUT2D eigenvalue weighted by atomic mass is 10.1. The number of hydrogen-bond donors (Lipinski definition) is 0. The zero-order chi connectivity index (χ0) is 22.8. The highest BCUT2D eigenvalue weighted by atomic mass is 16.5. The molecular formula is C24H31N3O5. The molecule has 0 spiro atoms. The first-order chi connectivity index (χ1) is 15.3. The lowest BCUT2D eigenvalue weighted by molar-refractivity contribution is -0.151. The maximum atomic E-state index is 13.0. The molecule has 8 heteroatoms. The van der Waals surface area contributed by atoms with Gasteiger partial charge in [0.1, 0.15) is 5.82 Å². The van der Waals surface area contributed by atoms with Gasteiger partial charge < -0.3 is 14.4 Å². The summed E-state index contributed by atoms with van der Waals surface area (Å²) in [6.07, 6.45) is 3.94. The summed E-state index contributed by atoms with van der Waals surface area (Å²) in [5.41, 5.74) is 0.709. The summed E-state index contributed by atoms with van der Waals surface area (Å²) in [5.74, 6) is -0.0681. The molecule has 0 N–H and O–H groups in total. The van der Waals surface area contributed by atoms with Crippen molar-refractivity contribution in [2.75, 3.05) is 13.1 Å². The number of carbonyl (C=O) groups excluding carboxylic acids is 2. The number of morpholine rings is 1. The number of nitrogens with zero attached hydrogens (tertiary/aromatic N) is 3. The zero-order valence-corrected chi connectivity index (χ0v) is 19.0. The SMILES string of the molecule is CC1CN(C(=O)C(C)OC(=O)c2ccc3c(=O)n4c(nc3c2)CCCCCC4)CC(C)O1. The number of aryl methyl sites for hydroxylation is 1. The lowest BCUT2D eigenvalue weighted by Crippen LogP contribution is -2.51. The Morgan fingerprint density at radius 3 is 2.59 bits per heavy atom. The van der Waals surface area contributed by atoms with Gasteiger partial charge in [-0.15, -0.1) is 0 Å². The molecule has 3 unspecified atom stereocenters. The van der Waals surface area contributed by atoms with E-state index in [2.05, 4.69) is 0 Å². The van der Waals surface area contributed by atoms with E-state index in [0.717, 1.165) is 37.9 Å². The first kappa shape index (κ1) is 22.5. The molecule has 2 aromatic rings. The Morgan fingerprint density at radius 2 is 1.84 bits per heavy atom. The molecular weight excluding hydrogens is 410 g/mol. The molecule has 0 aliphatic carbocycles. The fourth-order valence-electron chi connectivity index (χ4n) is 4.62. The Bertz CT molecular complexity index is 1070. The third kappa shape index (κ3) is 4.70. The van der Waals surface area contributed by atoms with Crippen LogP contribution in [0.15, 0.2) is 23.0 Å². The molecule has 1 aromatic carbocycles. The van der Waals surface area contributed by atoms with Crippen molar-refractivity contribution in [2.45, 2.75) is 77.7 Å². The van der Waals surface area contributed by atoms with Crippen LogP contribution >= 0.6 is 0 Å². The van der Waals surface area contributed by atoms with Crippen molar-refractivity contribution in [2.24, 2.45) is 0 Å². The molecule has 2 aliphatic heterocycles. The van der Waals surface area contributed by atoms with Crippen LogP contribution < -0.4 is 5.56 Å². The van der Waals surface area contributed by atoms with Crippen LogP contribution in [0.4, 0.5) is 0 Å². The van der Waals surface area contributed by atoms with Crippen LogP contribution in [0.25, 0.3) is 10.9 Å². The van der Waals surface area contributed by atoms with E-state index < -0.39 is 12.1 Å². The van der Waals surface area contributed by atoms with Crippen LogP contribution in [0.2, 0.25) is 0 Å². The topological polar surface area (TPSA) is 90.7 Å². The van der Waals surface area contributed by atoms with Gasteiger partial charge in [-0.1, -0.05) is 12.8 Å². The van der Waals surface area contributed by atoms with Gasteiger partial charge in [-0.3, -0.25) is 14.2 Å². The predicted octanol–water partition coefficient (Wildman–Crippen LogP) is 2.69. The van der Waals surface area contributed by atoms with Crippen LogP contribution in [-0.2, 0) is 27.2 Å². The second-order valence-electron chi connectivity index (χ2n) is 8.93. The first-order valence-corrected chi connectivity index (χ1v) is 11.5. The Labute approximate surface area is 187 Å². The molecule has 1 saturated heterocycles. The minimum Gasteiger partial charge on any atom is -0.449 e. The van der Waals surface area contributed by atoms with Crippen molar-refractivity contribution in [3.8, 4) is 0 Å².